The van der Waals surface area contributed by atoms with Gasteiger partial charge in [0.05, 0.1) is 12.4 Å². The van der Waals surface area contributed by atoms with E-state index in [1.165, 1.54) is 18.6 Å². The Morgan fingerprint density at radius 3 is 2.87 bits per heavy atom. The SMILES string of the molecule is Cc1cn[nH]c1NC(=O)c1cnccn1. The summed E-state index contributed by atoms with van der Waals surface area (Å²) in [7, 11) is 0. The van der Waals surface area contributed by atoms with E-state index in [0.717, 1.165) is 5.56 Å². The Labute approximate surface area is 85.8 Å². The van der Waals surface area contributed by atoms with Crippen molar-refractivity contribution in [1.82, 2.24) is 20.2 Å². The molecule has 0 aliphatic heterocycles. The van der Waals surface area contributed by atoms with Crippen LogP contribution in [-0.2, 0) is 0 Å². The van der Waals surface area contributed by atoms with Crippen LogP contribution in [0.5, 0.6) is 0 Å². The molecule has 0 aliphatic carbocycles. The number of carbonyl (C=O) groups excluding carboxylic acids is 1. The molecule has 2 rings (SSSR count). The van der Waals surface area contributed by atoms with Crippen molar-refractivity contribution in [3.8, 4) is 0 Å². The summed E-state index contributed by atoms with van der Waals surface area (Å²) in [4.78, 5) is 19.3. The van der Waals surface area contributed by atoms with Gasteiger partial charge in [-0.2, -0.15) is 5.10 Å². The molecule has 6 heteroatoms. The summed E-state index contributed by atoms with van der Waals surface area (Å²) in [6, 6.07) is 0. The number of hydrogen-bond acceptors (Lipinski definition) is 4. The average Bonchev–Trinajstić information content (AvgIpc) is 2.66. The van der Waals surface area contributed by atoms with E-state index >= 15 is 0 Å². The molecule has 0 unspecified atom stereocenters. The molecule has 0 saturated heterocycles. The molecule has 0 spiro atoms. The zero-order valence-electron chi connectivity index (χ0n) is 8.06. The van der Waals surface area contributed by atoms with Crippen LogP contribution in [0.3, 0.4) is 0 Å². The summed E-state index contributed by atoms with van der Waals surface area (Å²) < 4.78 is 0. The number of aryl methyl sites for hydroxylation is 1. The molecule has 0 bridgehead atoms. The van der Waals surface area contributed by atoms with E-state index in [9.17, 15) is 4.79 Å². The van der Waals surface area contributed by atoms with E-state index < -0.39 is 0 Å². The minimum atomic E-state index is -0.310. The van der Waals surface area contributed by atoms with Crippen molar-refractivity contribution in [2.75, 3.05) is 5.32 Å². The number of aromatic nitrogens is 4. The largest absolute Gasteiger partial charge is 0.305 e. The molecule has 2 heterocycles. The highest BCUT2D eigenvalue weighted by molar-refractivity contribution is 6.02. The van der Waals surface area contributed by atoms with Gasteiger partial charge in [0.15, 0.2) is 0 Å². The third kappa shape index (κ3) is 1.98. The predicted molar refractivity (Wildman–Crippen MR) is 53.3 cm³/mol. The normalized spacial score (nSPS) is 9.93. The molecule has 0 atom stereocenters. The fourth-order valence-corrected chi connectivity index (χ4v) is 1.07. The van der Waals surface area contributed by atoms with Crippen LogP contribution in [0, 0.1) is 6.92 Å². The smallest absolute Gasteiger partial charge is 0.277 e. The molecule has 15 heavy (non-hydrogen) atoms. The summed E-state index contributed by atoms with van der Waals surface area (Å²) in [6.45, 7) is 1.84. The number of nitrogens with zero attached hydrogens (tertiary/aromatic N) is 3. The van der Waals surface area contributed by atoms with Crippen LogP contribution in [0.25, 0.3) is 0 Å². The monoisotopic (exact) mass is 203 g/mol. The maximum atomic E-state index is 11.6. The van der Waals surface area contributed by atoms with Gasteiger partial charge in [-0.25, -0.2) is 4.98 Å². The van der Waals surface area contributed by atoms with Gasteiger partial charge in [0, 0.05) is 18.0 Å². The number of hydrogen-bond donors (Lipinski definition) is 2. The molecule has 2 N–H and O–H groups in total. The fraction of sp³-hybridized carbons (Fsp3) is 0.111. The maximum absolute atomic E-state index is 11.6. The van der Waals surface area contributed by atoms with Gasteiger partial charge in [-0.1, -0.05) is 0 Å². The Kier molecular flexibility index (Phi) is 2.40. The lowest BCUT2D eigenvalue weighted by Crippen LogP contribution is -2.14. The van der Waals surface area contributed by atoms with Crippen molar-refractivity contribution in [2.45, 2.75) is 6.92 Å². The summed E-state index contributed by atoms with van der Waals surface area (Å²) in [6.07, 6.45) is 6.01. The molecule has 0 fully saturated rings. The fourth-order valence-electron chi connectivity index (χ4n) is 1.07. The quantitative estimate of drug-likeness (QED) is 0.754. The van der Waals surface area contributed by atoms with Crippen molar-refractivity contribution < 1.29 is 4.79 Å². The molecule has 2 aromatic heterocycles. The minimum Gasteiger partial charge on any atom is -0.305 e. The van der Waals surface area contributed by atoms with E-state index in [1.54, 1.807) is 6.20 Å². The summed E-state index contributed by atoms with van der Waals surface area (Å²) in [5.41, 5.74) is 1.14. The molecule has 0 radical (unpaired) electrons. The number of rotatable bonds is 2. The van der Waals surface area contributed by atoms with E-state index in [0.29, 0.717) is 5.82 Å². The maximum Gasteiger partial charge on any atom is 0.277 e. The predicted octanol–water partition coefficient (Wildman–Crippen LogP) is 0.760. The lowest BCUT2D eigenvalue weighted by Gasteiger charge is -2.01. The zero-order chi connectivity index (χ0) is 10.7. The number of aromatic amines is 1. The highest BCUT2D eigenvalue weighted by Crippen LogP contribution is 2.09. The Balaban J connectivity index is 2.15. The van der Waals surface area contributed by atoms with Crippen LogP contribution in [0.1, 0.15) is 16.1 Å². The first kappa shape index (κ1) is 9.32. The van der Waals surface area contributed by atoms with E-state index in [2.05, 4.69) is 25.5 Å². The van der Waals surface area contributed by atoms with Gasteiger partial charge in [-0.15, -0.1) is 0 Å². The van der Waals surface area contributed by atoms with E-state index in [1.807, 2.05) is 6.92 Å². The molecule has 1 amide bonds. The van der Waals surface area contributed by atoms with Crippen LogP contribution in [0.4, 0.5) is 5.82 Å². The highest BCUT2D eigenvalue weighted by atomic mass is 16.2. The van der Waals surface area contributed by atoms with E-state index in [4.69, 9.17) is 0 Å². The second kappa shape index (κ2) is 3.87. The van der Waals surface area contributed by atoms with Crippen molar-refractivity contribution in [3.05, 3.63) is 36.0 Å². The zero-order valence-corrected chi connectivity index (χ0v) is 8.06. The molecule has 0 aromatic carbocycles. The Morgan fingerprint density at radius 1 is 1.40 bits per heavy atom. The van der Waals surface area contributed by atoms with Crippen LogP contribution in [0.15, 0.2) is 24.8 Å². The van der Waals surface area contributed by atoms with E-state index in [-0.39, 0.29) is 11.6 Å². The molecule has 0 saturated carbocycles. The first-order chi connectivity index (χ1) is 7.27. The molecule has 6 nitrogen and oxygen atoms in total. The van der Waals surface area contributed by atoms with Gasteiger partial charge < -0.3 is 5.32 Å². The Hall–Kier alpha value is -2.24. The van der Waals surface area contributed by atoms with Crippen molar-refractivity contribution >= 4 is 11.7 Å². The van der Waals surface area contributed by atoms with Gasteiger partial charge in [0.2, 0.25) is 0 Å². The first-order valence-corrected chi connectivity index (χ1v) is 4.34. The number of anilines is 1. The first-order valence-electron chi connectivity index (χ1n) is 4.34. The highest BCUT2D eigenvalue weighted by Gasteiger charge is 2.09. The molecular weight excluding hydrogens is 194 g/mol. The van der Waals surface area contributed by atoms with Gasteiger partial charge in [-0.3, -0.25) is 14.9 Å². The van der Waals surface area contributed by atoms with Gasteiger partial charge in [-0.05, 0) is 6.92 Å². The summed E-state index contributed by atoms with van der Waals surface area (Å²) in [5, 5.41) is 9.12. The molecule has 0 aliphatic rings. The van der Waals surface area contributed by atoms with Crippen molar-refractivity contribution in [1.29, 1.82) is 0 Å². The van der Waals surface area contributed by atoms with Crippen LogP contribution >= 0.6 is 0 Å². The van der Waals surface area contributed by atoms with Crippen LogP contribution in [-0.4, -0.2) is 26.1 Å². The van der Waals surface area contributed by atoms with Crippen LogP contribution in [0.2, 0.25) is 0 Å². The Bertz CT molecular complexity index is 464. The Morgan fingerprint density at radius 2 is 2.27 bits per heavy atom. The van der Waals surface area contributed by atoms with Crippen LogP contribution < -0.4 is 5.32 Å². The average molecular weight is 203 g/mol. The third-order valence-electron chi connectivity index (χ3n) is 1.86. The lowest BCUT2D eigenvalue weighted by atomic mass is 10.3. The van der Waals surface area contributed by atoms with Crippen molar-refractivity contribution in [2.24, 2.45) is 0 Å². The standard InChI is InChI=1S/C9H9N5O/c1-6-4-12-14-8(6)13-9(15)7-5-10-2-3-11-7/h2-5H,1H3,(H2,12,13,14,15). The van der Waals surface area contributed by atoms with Crippen molar-refractivity contribution in [3.63, 3.8) is 0 Å². The summed E-state index contributed by atoms with van der Waals surface area (Å²) in [5.74, 6) is 0.265. The minimum absolute atomic E-state index is 0.270. The topological polar surface area (TPSA) is 83.6 Å². The molecular formula is C9H9N5O. The van der Waals surface area contributed by atoms with Gasteiger partial charge in [0.1, 0.15) is 11.5 Å². The second-order valence-corrected chi connectivity index (χ2v) is 2.97. The lowest BCUT2D eigenvalue weighted by molar-refractivity contribution is 0.102. The molecule has 2 aromatic rings. The number of carbonyl (C=O) groups is 1. The second-order valence-electron chi connectivity index (χ2n) is 2.97. The third-order valence-corrected chi connectivity index (χ3v) is 1.86. The summed E-state index contributed by atoms with van der Waals surface area (Å²) >= 11 is 0. The molecule has 76 valence electrons. The number of H-pyrrole nitrogens is 1. The number of nitrogens with one attached hydrogen (secondary N) is 2. The van der Waals surface area contributed by atoms with Gasteiger partial charge in [0.25, 0.3) is 5.91 Å². The van der Waals surface area contributed by atoms with Gasteiger partial charge >= 0.3 is 0 Å². The number of amides is 1.